The van der Waals surface area contributed by atoms with E-state index in [0.29, 0.717) is 25.2 Å². The molecule has 2 aliphatic rings. The Kier molecular flexibility index (Phi) is 4.19. The number of nitrogens with two attached hydrogens (primary N) is 1. The lowest BCUT2D eigenvalue weighted by Crippen LogP contribution is -2.28. The van der Waals surface area contributed by atoms with Gasteiger partial charge in [0.25, 0.3) is 0 Å². The molecule has 0 amide bonds. The summed E-state index contributed by atoms with van der Waals surface area (Å²) in [6, 6.07) is 4.51. The molecule has 5 heteroatoms. The summed E-state index contributed by atoms with van der Waals surface area (Å²) >= 11 is 3.59. The van der Waals surface area contributed by atoms with E-state index in [0.717, 1.165) is 42.0 Å². The quantitative estimate of drug-likeness (QED) is 0.897. The highest BCUT2D eigenvalue weighted by atomic mass is 79.9. The average molecular weight is 341 g/mol. The van der Waals surface area contributed by atoms with Crippen LogP contribution in [0, 0.1) is 5.92 Å². The molecule has 1 saturated heterocycles. The van der Waals surface area contributed by atoms with Crippen LogP contribution in [-0.4, -0.2) is 37.2 Å². The molecule has 2 atom stereocenters. The first-order valence-corrected chi connectivity index (χ1v) is 7.99. The van der Waals surface area contributed by atoms with Gasteiger partial charge in [0.15, 0.2) is 11.5 Å². The molecule has 0 bridgehead atoms. The van der Waals surface area contributed by atoms with E-state index < -0.39 is 0 Å². The lowest BCUT2D eigenvalue weighted by molar-refractivity contribution is 0.296. The number of halogens is 1. The lowest BCUT2D eigenvalue weighted by atomic mass is 10.1. The van der Waals surface area contributed by atoms with E-state index in [9.17, 15) is 0 Å². The van der Waals surface area contributed by atoms with Gasteiger partial charge in [-0.15, -0.1) is 0 Å². The van der Waals surface area contributed by atoms with Crippen molar-refractivity contribution in [2.75, 3.05) is 26.3 Å². The van der Waals surface area contributed by atoms with E-state index in [1.807, 2.05) is 0 Å². The van der Waals surface area contributed by atoms with Gasteiger partial charge >= 0.3 is 0 Å². The molecule has 0 aliphatic carbocycles. The van der Waals surface area contributed by atoms with E-state index in [2.05, 4.69) is 39.9 Å². The van der Waals surface area contributed by atoms with Crippen LogP contribution in [0.15, 0.2) is 16.6 Å². The Hall–Kier alpha value is -0.780. The van der Waals surface area contributed by atoms with E-state index in [1.54, 1.807) is 0 Å². The maximum Gasteiger partial charge on any atom is 0.175 e. The van der Waals surface area contributed by atoms with Gasteiger partial charge in [0.1, 0.15) is 0 Å². The molecule has 4 nitrogen and oxygen atoms in total. The van der Waals surface area contributed by atoms with E-state index in [1.165, 1.54) is 5.56 Å². The smallest absolute Gasteiger partial charge is 0.175 e. The molecule has 2 heterocycles. The van der Waals surface area contributed by atoms with Crippen molar-refractivity contribution in [2.24, 2.45) is 11.7 Å². The minimum Gasteiger partial charge on any atom is -0.490 e. The van der Waals surface area contributed by atoms with E-state index in [4.69, 9.17) is 15.2 Å². The molecule has 2 aliphatic heterocycles. The average Bonchev–Trinajstić information content (AvgIpc) is 2.62. The van der Waals surface area contributed by atoms with Gasteiger partial charge in [-0.05, 0) is 39.5 Å². The molecule has 2 unspecified atom stereocenters. The predicted molar refractivity (Wildman–Crippen MR) is 82.2 cm³/mol. The maximum atomic E-state index is 6.09. The number of hydrogen-bond acceptors (Lipinski definition) is 4. The van der Waals surface area contributed by atoms with Crippen molar-refractivity contribution < 1.29 is 9.47 Å². The SMILES string of the molecule is CC1CN(Cc2cc(Br)c3c(c2)OCCCO3)CC1N. The van der Waals surface area contributed by atoms with E-state index >= 15 is 0 Å². The van der Waals surface area contributed by atoms with Crippen molar-refractivity contribution >= 4 is 15.9 Å². The van der Waals surface area contributed by atoms with Crippen LogP contribution in [0.25, 0.3) is 0 Å². The zero-order valence-corrected chi connectivity index (χ0v) is 13.4. The van der Waals surface area contributed by atoms with E-state index in [-0.39, 0.29) is 0 Å². The molecule has 2 N–H and O–H groups in total. The fourth-order valence-electron chi connectivity index (χ4n) is 2.86. The largest absolute Gasteiger partial charge is 0.490 e. The van der Waals surface area contributed by atoms with Gasteiger partial charge in [-0.2, -0.15) is 0 Å². The van der Waals surface area contributed by atoms with Gasteiger partial charge in [0, 0.05) is 32.1 Å². The Morgan fingerprint density at radius 2 is 2.10 bits per heavy atom. The second-order valence-corrected chi connectivity index (χ2v) is 6.64. The monoisotopic (exact) mass is 340 g/mol. The number of nitrogens with zero attached hydrogens (tertiary/aromatic N) is 1. The Labute approximate surface area is 128 Å². The Balaban J connectivity index is 1.77. The van der Waals surface area contributed by atoms with Crippen molar-refractivity contribution in [2.45, 2.75) is 25.9 Å². The van der Waals surface area contributed by atoms with Crippen LogP contribution in [0.3, 0.4) is 0 Å². The van der Waals surface area contributed by atoms with Gasteiger partial charge < -0.3 is 15.2 Å². The van der Waals surface area contributed by atoms with Gasteiger partial charge in [-0.25, -0.2) is 0 Å². The summed E-state index contributed by atoms with van der Waals surface area (Å²) in [7, 11) is 0. The minimum absolute atomic E-state index is 0.291. The highest BCUT2D eigenvalue weighted by Crippen LogP contribution is 2.38. The topological polar surface area (TPSA) is 47.7 Å². The summed E-state index contributed by atoms with van der Waals surface area (Å²) in [6.07, 6.45) is 0.926. The number of benzene rings is 1. The fraction of sp³-hybridized carbons (Fsp3) is 0.600. The molecule has 0 saturated carbocycles. The van der Waals surface area contributed by atoms with Crippen LogP contribution >= 0.6 is 15.9 Å². The van der Waals surface area contributed by atoms with Crippen LogP contribution in [0.5, 0.6) is 11.5 Å². The summed E-state index contributed by atoms with van der Waals surface area (Å²) in [6.45, 7) is 6.58. The van der Waals surface area contributed by atoms with Gasteiger partial charge in [-0.3, -0.25) is 4.90 Å². The summed E-state index contributed by atoms with van der Waals surface area (Å²) in [4.78, 5) is 2.40. The number of hydrogen-bond donors (Lipinski definition) is 1. The van der Waals surface area contributed by atoms with Crippen LogP contribution in [0.1, 0.15) is 18.9 Å². The number of ether oxygens (including phenoxy) is 2. The fourth-order valence-corrected chi connectivity index (χ4v) is 3.46. The summed E-state index contributed by atoms with van der Waals surface area (Å²) in [5.74, 6) is 2.25. The Morgan fingerprint density at radius 3 is 2.85 bits per heavy atom. The van der Waals surface area contributed by atoms with Gasteiger partial charge in [0.05, 0.1) is 17.7 Å². The highest BCUT2D eigenvalue weighted by molar-refractivity contribution is 9.10. The van der Waals surface area contributed by atoms with Crippen LogP contribution in [0.4, 0.5) is 0 Å². The maximum absolute atomic E-state index is 6.09. The van der Waals surface area contributed by atoms with Crippen LogP contribution in [-0.2, 0) is 6.54 Å². The number of likely N-dealkylation sites (tertiary alicyclic amines) is 1. The normalized spacial score (nSPS) is 26.6. The molecule has 3 rings (SSSR count). The second kappa shape index (κ2) is 5.92. The standard InChI is InChI=1S/C15H21BrN2O2/c1-10-7-18(9-13(10)17)8-11-5-12(16)15-14(6-11)19-3-2-4-20-15/h5-6,10,13H,2-4,7-9,17H2,1H3. The summed E-state index contributed by atoms with van der Waals surface area (Å²) in [5.41, 5.74) is 7.33. The lowest BCUT2D eigenvalue weighted by Gasteiger charge is -2.17. The first kappa shape index (κ1) is 14.2. The molecule has 20 heavy (non-hydrogen) atoms. The molecule has 110 valence electrons. The van der Waals surface area contributed by atoms with Crippen molar-refractivity contribution in [1.29, 1.82) is 0 Å². The zero-order chi connectivity index (χ0) is 14.1. The molecule has 1 aromatic carbocycles. The van der Waals surface area contributed by atoms with Crippen LogP contribution in [0.2, 0.25) is 0 Å². The predicted octanol–water partition coefficient (Wildman–Crippen LogP) is 2.39. The van der Waals surface area contributed by atoms with Gasteiger partial charge in [0.2, 0.25) is 0 Å². The van der Waals surface area contributed by atoms with Crippen molar-refractivity contribution in [3.8, 4) is 11.5 Å². The molecule has 0 radical (unpaired) electrons. The molecular formula is C15H21BrN2O2. The van der Waals surface area contributed by atoms with Crippen molar-refractivity contribution in [1.82, 2.24) is 4.90 Å². The first-order chi connectivity index (χ1) is 9.63. The third-order valence-corrected chi connectivity index (χ3v) is 4.60. The second-order valence-electron chi connectivity index (χ2n) is 5.79. The van der Waals surface area contributed by atoms with Crippen molar-refractivity contribution in [3.63, 3.8) is 0 Å². The van der Waals surface area contributed by atoms with Gasteiger partial charge in [-0.1, -0.05) is 6.92 Å². The number of rotatable bonds is 2. The highest BCUT2D eigenvalue weighted by Gasteiger charge is 2.26. The first-order valence-electron chi connectivity index (χ1n) is 7.19. The summed E-state index contributed by atoms with van der Waals surface area (Å²) in [5, 5.41) is 0. The molecule has 1 aromatic rings. The minimum atomic E-state index is 0.291. The molecule has 0 spiro atoms. The third-order valence-electron chi connectivity index (χ3n) is 4.01. The van der Waals surface area contributed by atoms with Crippen LogP contribution < -0.4 is 15.2 Å². The Morgan fingerprint density at radius 1 is 1.30 bits per heavy atom. The Bertz CT molecular complexity index is 485. The zero-order valence-electron chi connectivity index (χ0n) is 11.8. The van der Waals surface area contributed by atoms with Crippen molar-refractivity contribution in [3.05, 3.63) is 22.2 Å². The summed E-state index contributed by atoms with van der Waals surface area (Å²) < 4.78 is 12.5. The molecule has 1 fully saturated rings. The number of fused-ring (bicyclic) bond motifs is 1. The molecular weight excluding hydrogens is 320 g/mol. The third kappa shape index (κ3) is 2.95. The molecule has 0 aromatic heterocycles.